The number of nitrogens with one attached hydrogen (secondary N) is 1. The molecule has 0 aromatic heterocycles. The van der Waals surface area contributed by atoms with Crippen LogP contribution in [0.2, 0.25) is 0 Å². The number of benzene rings is 3. The number of amides is 1. The van der Waals surface area contributed by atoms with Crippen LogP contribution in [-0.4, -0.2) is 33.7 Å². The fraction of sp³-hybridized carbons (Fsp3) is 0.296. The van der Waals surface area contributed by atoms with Gasteiger partial charge in [-0.15, -0.1) is 11.8 Å². The Kier molecular flexibility index (Phi) is 9.23. The van der Waals surface area contributed by atoms with Crippen molar-refractivity contribution < 1.29 is 17.9 Å². The quantitative estimate of drug-likeness (QED) is 0.330. The van der Waals surface area contributed by atoms with Crippen LogP contribution in [0.5, 0.6) is 5.75 Å². The molecule has 3 aromatic rings. The predicted molar refractivity (Wildman–Crippen MR) is 144 cm³/mol. The Balaban J connectivity index is 1.98. The van der Waals surface area contributed by atoms with E-state index in [1.807, 2.05) is 45.2 Å². The topological polar surface area (TPSA) is 75.7 Å². The highest BCUT2D eigenvalue weighted by Crippen LogP contribution is 2.28. The number of anilines is 2. The number of ether oxygens (including phenoxy) is 1. The molecule has 0 saturated carbocycles. The molecule has 186 valence electrons. The van der Waals surface area contributed by atoms with Gasteiger partial charge in [-0.2, -0.15) is 0 Å². The number of carbonyl (C=O) groups is 1. The summed E-state index contributed by atoms with van der Waals surface area (Å²) in [5.74, 6) is 0.227. The van der Waals surface area contributed by atoms with Crippen LogP contribution in [0, 0.1) is 0 Å². The maximum Gasteiger partial charge on any atom is 0.264 e. The van der Waals surface area contributed by atoms with Crippen molar-refractivity contribution in [2.24, 2.45) is 0 Å². The number of thioether (sulfide) groups is 1. The van der Waals surface area contributed by atoms with Crippen molar-refractivity contribution in [2.75, 3.05) is 29.0 Å². The second-order valence-corrected chi connectivity index (χ2v) is 10.6. The van der Waals surface area contributed by atoms with Crippen molar-refractivity contribution in [2.45, 2.75) is 43.4 Å². The molecule has 35 heavy (non-hydrogen) atoms. The summed E-state index contributed by atoms with van der Waals surface area (Å²) < 4.78 is 34.0. The molecule has 0 radical (unpaired) electrons. The summed E-state index contributed by atoms with van der Waals surface area (Å²) >= 11 is 1.53. The minimum atomic E-state index is -4.00. The summed E-state index contributed by atoms with van der Waals surface area (Å²) in [6.45, 7) is 6.08. The summed E-state index contributed by atoms with van der Waals surface area (Å²) in [6.07, 6.45) is 3.44. The highest BCUT2D eigenvalue weighted by atomic mass is 32.2. The van der Waals surface area contributed by atoms with Crippen LogP contribution in [-0.2, 0) is 27.7 Å². The largest absolute Gasteiger partial charge is 0.494 e. The molecule has 3 rings (SSSR count). The molecule has 0 fully saturated rings. The van der Waals surface area contributed by atoms with Crippen LogP contribution in [0.3, 0.4) is 0 Å². The Morgan fingerprint density at radius 1 is 0.914 bits per heavy atom. The predicted octanol–water partition coefficient (Wildman–Crippen LogP) is 5.77. The number of hydrogen-bond donors (Lipinski definition) is 1. The molecule has 0 unspecified atom stereocenters. The Labute approximate surface area is 212 Å². The highest BCUT2D eigenvalue weighted by molar-refractivity contribution is 7.98. The van der Waals surface area contributed by atoms with E-state index >= 15 is 0 Å². The Bertz CT molecular complexity index is 1220. The smallest absolute Gasteiger partial charge is 0.264 e. The van der Waals surface area contributed by atoms with Crippen molar-refractivity contribution in [1.29, 1.82) is 0 Å². The van der Waals surface area contributed by atoms with Gasteiger partial charge in [0.2, 0.25) is 5.91 Å². The summed E-state index contributed by atoms with van der Waals surface area (Å²) in [6, 6.07) is 19.3. The third-order valence-corrected chi connectivity index (χ3v) is 8.17. The van der Waals surface area contributed by atoms with Crippen LogP contribution < -0.4 is 14.4 Å². The average molecular weight is 513 g/mol. The second kappa shape index (κ2) is 12.1. The zero-order valence-electron chi connectivity index (χ0n) is 20.6. The first-order chi connectivity index (χ1) is 16.8. The Hall–Kier alpha value is -2.97. The third kappa shape index (κ3) is 6.38. The minimum absolute atomic E-state index is 0.125. The number of aryl methyl sites for hydroxylation is 2. The maximum absolute atomic E-state index is 13.7. The first kappa shape index (κ1) is 26.6. The van der Waals surface area contributed by atoms with Gasteiger partial charge in [-0.25, -0.2) is 8.42 Å². The van der Waals surface area contributed by atoms with E-state index in [4.69, 9.17) is 4.74 Å². The molecule has 6 nitrogen and oxygen atoms in total. The first-order valence-electron chi connectivity index (χ1n) is 11.6. The average Bonchev–Trinajstić information content (AvgIpc) is 2.88. The number of nitrogens with zero attached hydrogens (tertiary/aromatic N) is 1. The van der Waals surface area contributed by atoms with Crippen LogP contribution in [0.15, 0.2) is 76.5 Å². The molecule has 0 spiro atoms. The molecular weight excluding hydrogens is 480 g/mol. The lowest BCUT2D eigenvalue weighted by Crippen LogP contribution is -2.38. The van der Waals surface area contributed by atoms with Gasteiger partial charge < -0.3 is 10.1 Å². The van der Waals surface area contributed by atoms with Gasteiger partial charge in [0.15, 0.2) is 0 Å². The fourth-order valence-electron chi connectivity index (χ4n) is 3.78. The number of para-hydroxylation sites is 1. The lowest BCUT2D eigenvalue weighted by molar-refractivity contribution is -0.114. The second-order valence-electron chi connectivity index (χ2n) is 7.82. The van der Waals surface area contributed by atoms with Gasteiger partial charge in [-0.3, -0.25) is 9.10 Å². The lowest BCUT2D eigenvalue weighted by Gasteiger charge is -2.25. The van der Waals surface area contributed by atoms with Gasteiger partial charge in [-0.1, -0.05) is 32.0 Å². The van der Waals surface area contributed by atoms with E-state index in [9.17, 15) is 13.2 Å². The molecule has 0 atom stereocenters. The van der Waals surface area contributed by atoms with Crippen LogP contribution in [0.25, 0.3) is 0 Å². The van der Waals surface area contributed by atoms with E-state index in [1.165, 1.54) is 11.8 Å². The molecule has 3 aromatic carbocycles. The van der Waals surface area contributed by atoms with E-state index in [2.05, 4.69) is 5.32 Å². The van der Waals surface area contributed by atoms with E-state index in [0.29, 0.717) is 18.0 Å². The SMILES string of the molecule is CCOc1ccc(N(CC(=O)Nc2c(CC)cccc2CC)S(=O)(=O)c2ccc(SC)cc2)cc1. The number of sulfonamides is 1. The number of carbonyl (C=O) groups excluding carboxylic acids is 1. The summed E-state index contributed by atoms with van der Waals surface area (Å²) in [5.41, 5.74) is 3.18. The van der Waals surface area contributed by atoms with Gasteiger partial charge >= 0.3 is 0 Å². The van der Waals surface area contributed by atoms with Gasteiger partial charge in [0, 0.05) is 10.6 Å². The van der Waals surface area contributed by atoms with E-state index in [-0.39, 0.29) is 11.4 Å². The molecule has 0 aliphatic carbocycles. The van der Waals surface area contributed by atoms with Crippen LogP contribution >= 0.6 is 11.8 Å². The van der Waals surface area contributed by atoms with Gasteiger partial charge in [0.05, 0.1) is 17.2 Å². The van der Waals surface area contributed by atoms with E-state index < -0.39 is 15.9 Å². The van der Waals surface area contributed by atoms with E-state index in [0.717, 1.165) is 38.9 Å². The molecule has 0 bridgehead atoms. The zero-order chi connectivity index (χ0) is 25.4. The summed E-state index contributed by atoms with van der Waals surface area (Å²) in [4.78, 5) is 14.3. The van der Waals surface area contributed by atoms with Gasteiger partial charge in [-0.05, 0) is 85.7 Å². The molecule has 0 saturated heterocycles. The van der Waals surface area contributed by atoms with Crippen molar-refractivity contribution >= 4 is 39.1 Å². The molecule has 1 N–H and O–H groups in total. The molecule has 0 aliphatic rings. The van der Waals surface area contributed by atoms with Crippen molar-refractivity contribution in [3.05, 3.63) is 77.9 Å². The number of rotatable bonds is 11. The fourth-order valence-corrected chi connectivity index (χ4v) is 5.61. The monoisotopic (exact) mass is 512 g/mol. The molecular formula is C27H32N2O4S2. The number of hydrogen-bond acceptors (Lipinski definition) is 5. The standard InChI is InChI=1S/C27H32N2O4S2/c1-5-20-9-8-10-21(6-2)27(20)28-26(30)19-29(22-11-13-23(14-12-22)33-7-3)35(31,32)25-17-15-24(34-4)16-18-25/h8-18H,5-7,19H2,1-4H3,(H,28,30). The Morgan fingerprint density at radius 2 is 1.51 bits per heavy atom. The first-order valence-corrected chi connectivity index (χ1v) is 14.3. The third-order valence-electron chi connectivity index (χ3n) is 5.63. The van der Waals surface area contributed by atoms with Crippen molar-refractivity contribution in [3.63, 3.8) is 0 Å². The lowest BCUT2D eigenvalue weighted by atomic mass is 10.0. The van der Waals surface area contributed by atoms with Crippen LogP contribution in [0.4, 0.5) is 11.4 Å². The van der Waals surface area contributed by atoms with Gasteiger partial charge in [0.1, 0.15) is 12.3 Å². The normalized spacial score (nSPS) is 11.2. The minimum Gasteiger partial charge on any atom is -0.494 e. The summed E-state index contributed by atoms with van der Waals surface area (Å²) in [5, 5.41) is 2.98. The maximum atomic E-state index is 13.7. The van der Waals surface area contributed by atoms with E-state index in [1.54, 1.807) is 48.5 Å². The van der Waals surface area contributed by atoms with Crippen molar-refractivity contribution in [3.8, 4) is 5.75 Å². The molecule has 0 aliphatic heterocycles. The van der Waals surface area contributed by atoms with Gasteiger partial charge in [0.25, 0.3) is 10.0 Å². The molecule has 8 heteroatoms. The van der Waals surface area contributed by atoms with Crippen LogP contribution in [0.1, 0.15) is 31.9 Å². The zero-order valence-corrected chi connectivity index (χ0v) is 22.2. The van der Waals surface area contributed by atoms with Crippen molar-refractivity contribution in [1.82, 2.24) is 0 Å². The Morgan fingerprint density at radius 3 is 2.03 bits per heavy atom. The molecule has 0 heterocycles. The highest BCUT2D eigenvalue weighted by Gasteiger charge is 2.28. The summed E-state index contributed by atoms with van der Waals surface area (Å²) in [7, 11) is -4.00. The molecule has 1 amide bonds.